The number of nitrogens with one attached hydrogen (secondary N) is 1. The number of aromatic nitrogens is 2. The Morgan fingerprint density at radius 2 is 2.08 bits per heavy atom. The summed E-state index contributed by atoms with van der Waals surface area (Å²) in [5, 5.41) is 3.07. The predicted molar refractivity (Wildman–Crippen MR) is 92.1 cm³/mol. The summed E-state index contributed by atoms with van der Waals surface area (Å²) in [4.78, 5) is 18.3. The second-order valence-electron chi connectivity index (χ2n) is 6.76. The quantitative estimate of drug-likeness (QED) is 0.942. The zero-order valence-corrected chi connectivity index (χ0v) is 14.4. The molecule has 1 aromatic heterocycles. The van der Waals surface area contributed by atoms with E-state index in [1.807, 2.05) is 60.7 Å². The van der Waals surface area contributed by atoms with Crippen LogP contribution in [-0.2, 0) is 4.74 Å². The Balaban J connectivity index is 1.62. The molecule has 1 N–H and O–H groups in total. The second kappa shape index (κ2) is 6.65. The van der Waals surface area contributed by atoms with Crippen LogP contribution in [0.2, 0.25) is 0 Å². The molecule has 1 fully saturated rings. The van der Waals surface area contributed by atoms with E-state index in [9.17, 15) is 4.79 Å². The summed E-state index contributed by atoms with van der Waals surface area (Å²) in [5.74, 6) is 0. The van der Waals surface area contributed by atoms with Crippen LogP contribution >= 0.6 is 0 Å². The summed E-state index contributed by atoms with van der Waals surface area (Å²) in [7, 11) is 0. The van der Waals surface area contributed by atoms with Gasteiger partial charge in [-0.1, -0.05) is 12.1 Å². The SMILES string of the molecule is C[C@@H](NC(=O)N1CCOC(C)(C)C1)c1ccc(-n2ccnc2)cc1. The van der Waals surface area contributed by atoms with Gasteiger partial charge < -0.3 is 19.5 Å². The van der Waals surface area contributed by atoms with Crippen molar-refractivity contribution in [1.82, 2.24) is 19.8 Å². The summed E-state index contributed by atoms with van der Waals surface area (Å²) >= 11 is 0. The van der Waals surface area contributed by atoms with Crippen molar-refractivity contribution in [1.29, 1.82) is 0 Å². The van der Waals surface area contributed by atoms with Gasteiger partial charge in [0.1, 0.15) is 0 Å². The first-order chi connectivity index (χ1) is 11.4. The van der Waals surface area contributed by atoms with Gasteiger partial charge in [-0.25, -0.2) is 9.78 Å². The van der Waals surface area contributed by atoms with Crippen LogP contribution < -0.4 is 5.32 Å². The van der Waals surface area contributed by atoms with Crippen molar-refractivity contribution >= 4 is 6.03 Å². The van der Waals surface area contributed by atoms with E-state index in [2.05, 4.69) is 10.3 Å². The smallest absolute Gasteiger partial charge is 0.318 e. The first-order valence-electron chi connectivity index (χ1n) is 8.22. The maximum atomic E-state index is 12.5. The number of nitrogens with zero attached hydrogens (tertiary/aromatic N) is 3. The molecular formula is C18H24N4O2. The number of amides is 2. The molecule has 2 aromatic rings. The second-order valence-corrected chi connectivity index (χ2v) is 6.76. The minimum absolute atomic E-state index is 0.0439. The Hall–Kier alpha value is -2.34. The van der Waals surface area contributed by atoms with Crippen molar-refractivity contribution in [3.63, 3.8) is 0 Å². The lowest BCUT2D eigenvalue weighted by atomic mass is 10.1. The third-order valence-electron chi connectivity index (χ3n) is 4.25. The number of rotatable bonds is 3. The molecule has 0 bridgehead atoms. The number of imidazole rings is 1. The van der Waals surface area contributed by atoms with Crippen molar-refractivity contribution in [2.24, 2.45) is 0 Å². The largest absolute Gasteiger partial charge is 0.372 e. The molecule has 6 nitrogen and oxygen atoms in total. The van der Waals surface area contributed by atoms with Crippen LogP contribution in [0.3, 0.4) is 0 Å². The highest BCUT2D eigenvalue weighted by molar-refractivity contribution is 5.75. The minimum atomic E-state index is -0.286. The third-order valence-corrected chi connectivity index (χ3v) is 4.25. The van der Waals surface area contributed by atoms with Gasteiger partial charge >= 0.3 is 6.03 Å². The highest BCUT2D eigenvalue weighted by Crippen LogP contribution is 2.19. The Labute approximate surface area is 142 Å². The maximum absolute atomic E-state index is 12.5. The first-order valence-corrected chi connectivity index (χ1v) is 8.22. The van der Waals surface area contributed by atoms with Gasteiger partial charge in [0.15, 0.2) is 0 Å². The summed E-state index contributed by atoms with van der Waals surface area (Å²) in [6.45, 7) is 7.81. The zero-order chi connectivity index (χ0) is 17.2. The number of ether oxygens (including phenoxy) is 1. The summed E-state index contributed by atoms with van der Waals surface area (Å²) in [6, 6.07) is 8.01. The van der Waals surface area contributed by atoms with Crippen molar-refractivity contribution in [2.45, 2.75) is 32.4 Å². The van der Waals surface area contributed by atoms with Gasteiger partial charge in [0, 0.05) is 24.6 Å². The van der Waals surface area contributed by atoms with E-state index in [0.717, 1.165) is 11.3 Å². The van der Waals surface area contributed by atoms with Crippen LogP contribution in [0.5, 0.6) is 0 Å². The van der Waals surface area contributed by atoms with Gasteiger partial charge in [-0.2, -0.15) is 0 Å². The number of carbonyl (C=O) groups excluding carboxylic acids is 1. The lowest BCUT2D eigenvalue weighted by Gasteiger charge is -2.38. The highest BCUT2D eigenvalue weighted by atomic mass is 16.5. The first kappa shape index (κ1) is 16.5. The molecule has 3 rings (SSSR count). The lowest BCUT2D eigenvalue weighted by molar-refractivity contribution is -0.0735. The fraction of sp³-hybridized carbons (Fsp3) is 0.444. The van der Waals surface area contributed by atoms with Crippen molar-refractivity contribution in [3.05, 3.63) is 48.5 Å². The van der Waals surface area contributed by atoms with Gasteiger partial charge in [0.05, 0.1) is 31.1 Å². The molecule has 24 heavy (non-hydrogen) atoms. The van der Waals surface area contributed by atoms with Crippen LogP contribution in [-0.4, -0.2) is 45.8 Å². The summed E-state index contributed by atoms with van der Waals surface area (Å²) in [5.41, 5.74) is 1.83. The van der Waals surface area contributed by atoms with Gasteiger partial charge in [-0.3, -0.25) is 0 Å². The Bertz CT molecular complexity index is 680. The maximum Gasteiger partial charge on any atom is 0.318 e. The molecule has 2 amide bonds. The Morgan fingerprint density at radius 3 is 2.71 bits per heavy atom. The van der Waals surface area contributed by atoms with E-state index in [-0.39, 0.29) is 17.7 Å². The highest BCUT2D eigenvalue weighted by Gasteiger charge is 2.30. The molecule has 0 unspecified atom stereocenters. The molecule has 0 aliphatic carbocycles. The fourth-order valence-corrected chi connectivity index (χ4v) is 2.90. The van der Waals surface area contributed by atoms with Crippen LogP contribution in [0.15, 0.2) is 43.0 Å². The van der Waals surface area contributed by atoms with Crippen LogP contribution in [0.1, 0.15) is 32.4 Å². The van der Waals surface area contributed by atoms with Crippen LogP contribution in [0, 0.1) is 0 Å². The number of morpholine rings is 1. The minimum Gasteiger partial charge on any atom is -0.372 e. The Kier molecular flexibility index (Phi) is 4.57. The van der Waals surface area contributed by atoms with E-state index in [4.69, 9.17) is 4.74 Å². The predicted octanol–water partition coefficient (Wildman–Crippen LogP) is 2.75. The topological polar surface area (TPSA) is 59.4 Å². The van der Waals surface area contributed by atoms with Crippen LogP contribution in [0.25, 0.3) is 5.69 Å². The molecule has 1 saturated heterocycles. The van der Waals surface area contributed by atoms with Gasteiger partial charge in [0.2, 0.25) is 0 Å². The molecule has 1 atom stereocenters. The standard InChI is InChI=1S/C18H24N4O2/c1-14(20-17(23)21-10-11-24-18(2,3)12-21)15-4-6-16(7-5-15)22-9-8-19-13-22/h4-9,13-14H,10-12H2,1-3H3,(H,20,23)/t14-/m1/s1. The van der Waals surface area contributed by atoms with Crippen molar-refractivity contribution < 1.29 is 9.53 Å². The van der Waals surface area contributed by atoms with E-state index < -0.39 is 0 Å². The molecular weight excluding hydrogens is 304 g/mol. The molecule has 1 aromatic carbocycles. The number of benzene rings is 1. The number of hydrogen-bond acceptors (Lipinski definition) is 3. The normalized spacial score (nSPS) is 18.2. The van der Waals surface area contributed by atoms with E-state index in [0.29, 0.717) is 19.7 Å². The average molecular weight is 328 g/mol. The molecule has 2 heterocycles. The average Bonchev–Trinajstić information content (AvgIpc) is 3.08. The van der Waals surface area contributed by atoms with E-state index >= 15 is 0 Å². The summed E-state index contributed by atoms with van der Waals surface area (Å²) in [6.07, 6.45) is 5.42. The van der Waals surface area contributed by atoms with E-state index in [1.54, 1.807) is 12.5 Å². The number of hydrogen-bond donors (Lipinski definition) is 1. The molecule has 0 spiro atoms. The fourth-order valence-electron chi connectivity index (χ4n) is 2.90. The third kappa shape index (κ3) is 3.76. The van der Waals surface area contributed by atoms with Crippen molar-refractivity contribution in [3.8, 4) is 5.69 Å². The monoisotopic (exact) mass is 328 g/mol. The molecule has 1 aliphatic heterocycles. The van der Waals surface area contributed by atoms with Gasteiger partial charge in [-0.05, 0) is 38.5 Å². The number of urea groups is 1. The molecule has 6 heteroatoms. The Morgan fingerprint density at radius 1 is 1.33 bits per heavy atom. The molecule has 128 valence electrons. The molecule has 0 saturated carbocycles. The zero-order valence-electron chi connectivity index (χ0n) is 14.4. The molecule has 1 aliphatic rings. The van der Waals surface area contributed by atoms with Crippen LogP contribution in [0.4, 0.5) is 4.79 Å². The van der Waals surface area contributed by atoms with Gasteiger partial charge in [-0.15, -0.1) is 0 Å². The number of carbonyl (C=O) groups is 1. The molecule has 0 radical (unpaired) electrons. The van der Waals surface area contributed by atoms with E-state index in [1.165, 1.54) is 0 Å². The van der Waals surface area contributed by atoms with Crippen molar-refractivity contribution in [2.75, 3.05) is 19.7 Å². The summed E-state index contributed by atoms with van der Waals surface area (Å²) < 4.78 is 7.60. The lowest BCUT2D eigenvalue weighted by Crippen LogP contribution is -2.53. The van der Waals surface area contributed by atoms with Gasteiger partial charge in [0.25, 0.3) is 0 Å².